The summed E-state index contributed by atoms with van der Waals surface area (Å²) in [6, 6.07) is 12.0. The number of anilines is 2. The number of nitrogens with one attached hydrogen (secondary N) is 3. The van der Waals surface area contributed by atoms with Gasteiger partial charge in [-0.2, -0.15) is 0 Å². The van der Waals surface area contributed by atoms with Gasteiger partial charge in [0.15, 0.2) is 0 Å². The molecule has 0 bridgehead atoms. The highest BCUT2D eigenvalue weighted by Crippen LogP contribution is 2.33. The molecular formula is C28H34N4O5. The van der Waals surface area contributed by atoms with Crippen LogP contribution in [0, 0.1) is 12.8 Å². The molecule has 3 aliphatic rings. The third kappa shape index (κ3) is 6.05. The Bertz CT molecular complexity index is 1180. The van der Waals surface area contributed by atoms with Gasteiger partial charge >= 0.3 is 6.03 Å². The highest BCUT2D eigenvalue weighted by molar-refractivity contribution is 6.02. The van der Waals surface area contributed by atoms with Crippen molar-refractivity contribution in [1.29, 1.82) is 0 Å². The van der Waals surface area contributed by atoms with Crippen LogP contribution in [-0.2, 0) is 9.53 Å². The van der Waals surface area contributed by atoms with Gasteiger partial charge in [0.2, 0.25) is 5.91 Å². The Balaban J connectivity index is 1.23. The zero-order valence-corrected chi connectivity index (χ0v) is 21.3. The van der Waals surface area contributed by atoms with Gasteiger partial charge in [-0.1, -0.05) is 18.2 Å². The number of ether oxygens (including phenoxy) is 2. The summed E-state index contributed by atoms with van der Waals surface area (Å²) in [6.07, 6.45) is 3.62. The number of rotatable bonds is 6. The van der Waals surface area contributed by atoms with E-state index in [1.807, 2.05) is 31.2 Å². The van der Waals surface area contributed by atoms with Gasteiger partial charge in [-0.3, -0.25) is 9.59 Å². The van der Waals surface area contributed by atoms with Crippen molar-refractivity contribution < 1.29 is 23.9 Å². The Morgan fingerprint density at radius 3 is 2.65 bits per heavy atom. The molecule has 1 saturated carbocycles. The third-order valence-electron chi connectivity index (χ3n) is 7.36. The molecule has 4 amide bonds. The van der Waals surface area contributed by atoms with Gasteiger partial charge in [0, 0.05) is 25.0 Å². The lowest BCUT2D eigenvalue weighted by molar-refractivity contribution is -0.134. The molecule has 37 heavy (non-hydrogen) atoms. The summed E-state index contributed by atoms with van der Waals surface area (Å²) < 4.78 is 12.3. The van der Waals surface area contributed by atoms with Crippen LogP contribution in [0.25, 0.3) is 0 Å². The van der Waals surface area contributed by atoms with Crippen LogP contribution in [0.15, 0.2) is 42.5 Å². The number of likely N-dealkylation sites (N-methyl/N-ethyl adjacent to an activating group) is 1. The van der Waals surface area contributed by atoms with Crippen molar-refractivity contribution in [3.05, 3.63) is 53.6 Å². The summed E-state index contributed by atoms with van der Waals surface area (Å²) in [5.41, 5.74) is 2.54. The monoisotopic (exact) mass is 506 g/mol. The molecule has 3 N–H and O–H groups in total. The molecule has 9 nitrogen and oxygen atoms in total. The molecule has 0 unspecified atom stereocenters. The normalized spacial score (nSPS) is 23.0. The number of carbonyl (C=O) groups is 3. The van der Waals surface area contributed by atoms with Crippen molar-refractivity contribution in [2.24, 2.45) is 5.92 Å². The molecule has 5 rings (SSSR count). The molecule has 2 aliphatic heterocycles. The SMILES string of the molecule is Cc1ccccc1NC(=O)Nc1ccc2c(c1)C(=O)N(C)[C@@H]1CC[C@H](CC(=O)NCC3CC3)O[C@@H]1CO2. The minimum absolute atomic E-state index is 0.0170. The number of carbonyl (C=O) groups excluding carboxylic acids is 3. The minimum atomic E-state index is -0.394. The maximum atomic E-state index is 13.4. The molecule has 1 saturated heterocycles. The van der Waals surface area contributed by atoms with Crippen LogP contribution in [0.1, 0.15) is 48.0 Å². The quantitative estimate of drug-likeness (QED) is 0.550. The molecular weight excluding hydrogens is 472 g/mol. The molecule has 9 heteroatoms. The summed E-state index contributed by atoms with van der Waals surface area (Å²) in [7, 11) is 1.77. The summed E-state index contributed by atoms with van der Waals surface area (Å²) in [6.45, 7) is 2.94. The molecule has 3 atom stereocenters. The Hall–Kier alpha value is -3.59. The number of urea groups is 1. The Morgan fingerprint density at radius 2 is 1.86 bits per heavy atom. The Morgan fingerprint density at radius 1 is 1.05 bits per heavy atom. The van der Waals surface area contributed by atoms with Crippen molar-refractivity contribution in [2.45, 2.75) is 57.3 Å². The molecule has 196 valence electrons. The van der Waals surface area contributed by atoms with Crippen LogP contribution in [0.4, 0.5) is 16.2 Å². The molecule has 2 heterocycles. The first-order chi connectivity index (χ1) is 17.9. The largest absolute Gasteiger partial charge is 0.490 e. The first-order valence-corrected chi connectivity index (χ1v) is 13.0. The van der Waals surface area contributed by atoms with Gasteiger partial charge in [0.1, 0.15) is 18.5 Å². The molecule has 0 radical (unpaired) electrons. The van der Waals surface area contributed by atoms with Crippen LogP contribution in [0.3, 0.4) is 0 Å². The summed E-state index contributed by atoms with van der Waals surface area (Å²) in [4.78, 5) is 40.0. The predicted molar refractivity (Wildman–Crippen MR) is 140 cm³/mol. The van der Waals surface area contributed by atoms with E-state index >= 15 is 0 Å². The average Bonchev–Trinajstić information content (AvgIpc) is 3.71. The third-order valence-corrected chi connectivity index (χ3v) is 7.36. The van der Waals surface area contributed by atoms with Crippen LogP contribution in [-0.4, -0.2) is 61.2 Å². The molecule has 2 fully saturated rings. The maximum absolute atomic E-state index is 13.4. The van der Waals surface area contributed by atoms with E-state index in [1.54, 1.807) is 30.1 Å². The second-order valence-electron chi connectivity index (χ2n) is 10.2. The van der Waals surface area contributed by atoms with Crippen molar-refractivity contribution in [3.63, 3.8) is 0 Å². The van der Waals surface area contributed by atoms with Gasteiger partial charge in [0.25, 0.3) is 5.91 Å². The summed E-state index contributed by atoms with van der Waals surface area (Å²) >= 11 is 0. The smallest absolute Gasteiger partial charge is 0.323 e. The van der Waals surface area contributed by atoms with Crippen LogP contribution >= 0.6 is 0 Å². The van der Waals surface area contributed by atoms with Gasteiger partial charge in [-0.25, -0.2) is 4.79 Å². The fourth-order valence-corrected chi connectivity index (χ4v) is 4.96. The number of benzene rings is 2. The van der Waals surface area contributed by atoms with Crippen molar-refractivity contribution in [2.75, 3.05) is 30.8 Å². The van der Waals surface area contributed by atoms with E-state index in [0.29, 0.717) is 41.4 Å². The number of hydrogen-bond acceptors (Lipinski definition) is 5. The first kappa shape index (κ1) is 25.1. The lowest BCUT2D eigenvalue weighted by Gasteiger charge is -2.42. The van der Waals surface area contributed by atoms with E-state index in [0.717, 1.165) is 18.5 Å². The second kappa shape index (κ2) is 10.8. The highest BCUT2D eigenvalue weighted by Gasteiger charge is 2.39. The van der Waals surface area contributed by atoms with E-state index in [2.05, 4.69) is 16.0 Å². The number of para-hydroxylation sites is 1. The summed E-state index contributed by atoms with van der Waals surface area (Å²) in [5, 5.41) is 8.63. The van der Waals surface area contributed by atoms with Crippen molar-refractivity contribution >= 4 is 29.2 Å². The predicted octanol–water partition coefficient (Wildman–Crippen LogP) is 3.94. The molecule has 2 aromatic rings. The minimum Gasteiger partial charge on any atom is -0.490 e. The number of nitrogens with zero attached hydrogens (tertiary/aromatic N) is 1. The zero-order chi connectivity index (χ0) is 25.9. The Kier molecular flexibility index (Phi) is 7.32. The topological polar surface area (TPSA) is 109 Å². The lowest BCUT2D eigenvalue weighted by atomic mass is 9.94. The second-order valence-corrected chi connectivity index (χ2v) is 10.2. The number of amides is 4. The van der Waals surface area contributed by atoms with E-state index in [1.165, 1.54) is 12.8 Å². The highest BCUT2D eigenvalue weighted by atomic mass is 16.5. The summed E-state index contributed by atoms with van der Waals surface area (Å²) in [5.74, 6) is 0.894. The van der Waals surface area contributed by atoms with Crippen molar-refractivity contribution in [1.82, 2.24) is 10.2 Å². The van der Waals surface area contributed by atoms with Crippen LogP contribution in [0.5, 0.6) is 5.75 Å². The number of aryl methyl sites for hydroxylation is 1. The zero-order valence-electron chi connectivity index (χ0n) is 21.3. The standard InChI is InChI=1S/C28H34N4O5/c1-17-5-3-4-6-22(17)31-28(35)30-19-9-12-24-21(13-19)27(34)32(2)23-11-10-20(37-25(23)16-36-24)14-26(33)29-15-18-7-8-18/h3-6,9,12-13,18,20,23,25H,7-8,10-11,14-16H2,1-2H3,(H,29,33)(H2,30,31,35)/t20-,23-,25-/m1/s1. The van der Waals surface area contributed by atoms with E-state index in [4.69, 9.17) is 9.47 Å². The van der Waals surface area contributed by atoms with Gasteiger partial charge in [0.05, 0.1) is 24.1 Å². The van der Waals surface area contributed by atoms with Gasteiger partial charge in [-0.15, -0.1) is 0 Å². The number of hydrogen-bond donors (Lipinski definition) is 3. The molecule has 2 aromatic carbocycles. The first-order valence-electron chi connectivity index (χ1n) is 13.0. The van der Waals surface area contributed by atoms with E-state index < -0.39 is 6.03 Å². The number of fused-ring (bicyclic) bond motifs is 2. The fourth-order valence-electron chi connectivity index (χ4n) is 4.96. The van der Waals surface area contributed by atoms with Crippen molar-refractivity contribution in [3.8, 4) is 5.75 Å². The van der Waals surface area contributed by atoms with Crippen LogP contribution in [0.2, 0.25) is 0 Å². The lowest BCUT2D eigenvalue weighted by Crippen LogP contribution is -2.54. The fraction of sp³-hybridized carbons (Fsp3) is 0.464. The Labute approximate surface area is 216 Å². The van der Waals surface area contributed by atoms with E-state index in [9.17, 15) is 14.4 Å². The molecule has 1 aliphatic carbocycles. The molecule has 0 aromatic heterocycles. The van der Waals surface area contributed by atoms with Crippen LogP contribution < -0.4 is 20.7 Å². The van der Waals surface area contributed by atoms with E-state index in [-0.39, 0.29) is 36.7 Å². The van der Waals surface area contributed by atoms with Gasteiger partial charge < -0.3 is 30.3 Å². The molecule has 0 spiro atoms. The maximum Gasteiger partial charge on any atom is 0.323 e. The van der Waals surface area contributed by atoms with Gasteiger partial charge in [-0.05, 0) is 68.4 Å². The average molecular weight is 507 g/mol.